The van der Waals surface area contributed by atoms with Crippen molar-refractivity contribution >= 4 is 28.6 Å². The van der Waals surface area contributed by atoms with Gasteiger partial charge in [0.05, 0.1) is 29.9 Å². The molecule has 5 nitrogen and oxygen atoms in total. The third-order valence-corrected chi connectivity index (χ3v) is 6.38. The summed E-state index contributed by atoms with van der Waals surface area (Å²) < 4.78 is 45.6. The van der Waals surface area contributed by atoms with Crippen molar-refractivity contribution in [3.05, 3.63) is 65.7 Å². The Morgan fingerprint density at radius 1 is 1.09 bits per heavy atom. The third kappa shape index (κ3) is 6.04. The zero-order chi connectivity index (χ0) is 23.3. The van der Waals surface area contributed by atoms with E-state index in [1.165, 1.54) is 12.1 Å². The van der Waals surface area contributed by atoms with Gasteiger partial charge in [0.25, 0.3) is 5.91 Å². The fraction of sp³-hybridized carbons (Fsp3) is 0.333. The van der Waals surface area contributed by atoms with Gasteiger partial charge < -0.3 is 10.1 Å². The molecule has 33 heavy (non-hydrogen) atoms. The highest BCUT2D eigenvalue weighted by molar-refractivity contribution is 7.99. The number of carbonyl (C=O) groups is 1. The third-order valence-electron chi connectivity index (χ3n) is 5.38. The Bertz CT molecular complexity index is 1120. The predicted molar refractivity (Wildman–Crippen MR) is 122 cm³/mol. The zero-order valence-corrected chi connectivity index (χ0v) is 18.7. The summed E-state index contributed by atoms with van der Waals surface area (Å²) in [7, 11) is 0. The van der Waals surface area contributed by atoms with Crippen LogP contribution in [0, 0.1) is 0 Å². The number of rotatable bonds is 7. The van der Waals surface area contributed by atoms with Crippen LogP contribution in [-0.4, -0.2) is 55.2 Å². The first-order valence-electron chi connectivity index (χ1n) is 10.7. The van der Waals surface area contributed by atoms with Crippen molar-refractivity contribution in [2.75, 3.05) is 39.4 Å². The van der Waals surface area contributed by atoms with Crippen molar-refractivity contribution in [2.45, 2.75) is 22.5 Å². The van der Waals surface area contributed by atoms with Crippen LogP contribution in [0.5, 0.6) is 0 Å². The molecule has 0 bridgehead atoms. The molecule has 1 fully saturated rings. The van der Waals surface area contributed by atoms with E-state index in [0.717, 1.165) is 57.1 Å². The first kappa shape index (κ1) is 23.5. The first-order chi connectivity index (χ1) is 15.9. The highest BCUT2D eigenvalue weighted by Crippen LogP contribution is 2.39. The molecule has 174 valence electrons. The number of carbonyl (C=O) groups excluding carboxylic acids is 1. The molecule has 0 atom stereocenters. The maximum Gasteiger partial charge on any atom is 0.417 e. The number of benzene rings is 2. The van der Waals surface area contributed by atoms with Crippen molar-refractivity contribution in [2.24, 2.45) is 0 Å². The lowest BCUT2D eigenvalue weighted by Gasteiger charge is -2.26. The zero-order valence-electron chi connectivity index (χ0n) is 17.9. The van der Waals surface area contributed by atoms with E-state index < -0.39 is 11.7 Å². The Labute approximate surface area is 194 Å². The van der Waals surface area contributed by atoms with E-state index >= 15 is 0 Å². The normalized spacial score (nSPS) is 15.0. The van der Waals surface area contributed by atoms with Gasteiger partial charge in [-0.05, 0) is 37.2 Å². The van der Waals surface area contributed by atoms with E-state index in [1.54, 1.807) is 30.3 Å². The number of hydrogen-bond acceptors (Lipinski definition) is 5. The topological polar surface area (TPSA) is 54.5 Å². The van der Waals surface area contributed by atoms with Crippen LogP contribution in [0.25, 0.3) is 10.9 Å². The van der Waals surface area contributed by atoms with Gasteiger partial charge in [0.1, 0.15) is 5.03 Å². The van der Waals surface area contributed by atoms with Gasteiger partial charge in [0.2, 0.25) is 0 Å². The smallest absolute Gasteiger partial charge is 0.379 e. The molecule has 1 aromatic heterocycles. The molecule has 0 unspecified atom stereocenters. The van der Waals surface area contributed by atoms with Crippen molar-refractivity contribution in [1.29, 1.82) is 0 Å². The molecule has 1 aliphatic heterocycles. The summed E-state index contributed by atoms with van der Waals surface area (Å²) in [5.41, 5.74) is 0.239. The first-order valence-corrected chi connectivity index (χ1v) is 11.6. The van der Waals surface area contributed by atoms with Crippen LogP contribution in [0.3, 0.4) is 0 Å². The largest absolute Gasteiger partial charge is 0.417 e. The maximum atomic E-state index is 13.4. The van der Waals surface area contributed by atoms with Gasteiger partial charge >= 0.3 is 6.18 Å². The van der Waals surface area contributed by atoms with Gasteiger partial charge in [-0.1, -0.05) is 42.1 Å². The van der Waals surface area contributed by atoms with Gasteiger partial charge in [-0.2, -0.15) is 13.2 Å². The highest BCUT2D eigenvalue weighted by atomic mass is 32.2. The molecular formula is C24H24F3N3O2S. The van der Waals surface area contributed by atoms with Crippen LogP contribution >= 0.6 is 11.8 Å². The molecule has 1 amide bonds. The molecule has 2 aromatic carbocycles. The SMILES string of the molecule is O=C(NCCCN1CCOCC1)c1cc(Sc2ccccc2C(F)(F)F)nc2ccccc12. The minimum atomic E-state index is -4.47. The standard InChI is InChI=1S/C24H24F3N3O2S/c25-24(26,27)19-7-2-4-9-21(19)33-22-16-18(17-6-1-3-8-20(17)29-22)23(31)28-10-5-11-30-12-14-32-15-13-30/h1-4,6-9,16H,5,10-15H2,(H,28,31). The number of nitrogens with one attached hydrogen (secondary N) is 1. The Balaban J connectivity index is 1.52. The van der Waals surface area contributed by atoms with Crippen LogP contribution < -0.4 is 5.32 Å². The Hall–Kier alpha value is -2.62. The monoisotopic (exact) mass is 475 g/mol. The van der Waals surface area contributed by atoms with Gasteiger partial charge in [-0.3, -0.25) is 9.69 Å². The summed E-state index contributed by atoms with van der Waals surface area (Å²) >= 11 is 0.905. The molecule has 9 heteroatoms. The lowest BCUT2D eigenvalue weighted by molar-refractivity contribution is -0.139. The fourth-order valence-electron chi connectivity index (χ4n) is 3.72. The van der Waals surface area contributed by atoms with Gasteiger partial charge in [0, 0.05) is 29.9 Å². The lowest BCUT2D eigenvalue weighted by Crippen LogP contribution is -2.38. The summed E-state index contributed by atoms with van der Waals surface area (Å²) in [6.07, 6.45) is -3.67. The average molecular weight is 476 g/mol. The number of hydrogen-bond donors (Lipinski definition) is 1. The molecule has 1 saturated heterocycles. The van der Waals surface area contributed by atoms with E-state index in [4.69, 9.17) is 4.74 Å². The molecule has 3 aromatic rings. The number of para-hydroxylation sites is 1. The minimum absolute atomic E-state index is 0.0460. The van der Waals surface area contributed by atoms with Crippen LogP contribution in [-0.2, 0) is 10.9 Å². The van der Waals surface area contributed by atoms with Crippen LogP contribution in [0.4, 0.5) is 13.2 Å². The average Bonchev–Trinajstić information content (AvgIpc) is 2.81. The fourth-order valence-corrected chi connectivity index (χ4v) is 4.70. The van der Waals surface area contributed by atoms with Crippen molar-refractivity contribution in [3.63, 3.8) is 0 Å². The quantitative estimate of drug-likeness (QED) is 0.495. The number of amides is 1. The summed E-state index contributed by atoms with van der Waals surface area (Å²) in [5.74, 6) is -0.262. The number of aromatic nitrogens is 1. The molecular weight excluding hydrogens is 451 g/mol. The second-order valence-electron chi connectivity index (χ2n) is 7.68. The highest BCUT2D eigenvalue weighted by Gasteiger charge is 2.33. The molecule has 4 rings (SSSR count). The van der Waals surface area contributed by atoms with Crippen LogP contribution in [0.15, 0.2) is 64.5 Å². The molecule has 0 aliphatic carbocycles. The molecule has 0 saturated carbocycles. The van der Waals surface area contributed by atoms with Crippen molar-refractivity contribution < 1.29 is 22.7 Å². The summed E-state index contributed by atoms with van der Waals surface area (Å²) in [6.45, 7) is 4.62. The van der Waals surface area contributed by atoms with Crippen LogP contribution in [0.1, 0.15) is 22.3 Å². The Kier molecular flexibility index (Phi) is 7.52. The molecule has 2 heterocycles. The van der Waals surface area contributed by atoms with E-state index in [9.17, 15) is 18.0 Å². The van der Waals surface area contributed by atoms with Gasteiger partial charge in [-0.15, -0.1) is 0 Å². The van der Waals surface area contributed by atoms with E-state index in [0.29, 0.717) is 28.0 Å². The lowest BCUT2D eigenvalue weighted by atomic mass is 10.1. The number of ether oxygens (including phenoxy) is 1. The van der Waals surface area contributed by atoms with E-state index in [1.807, 2.05) is 6.07 Å². The number of pyridine rings is 1. The summed E-state index contributed by atoms with van der Waals surface area (Å²) in [5, 5.41) is 3.94. The number of morpholine rings is 1. The van der Waals surface area contributed by atoms with Crippen molar-refractivity contribution in [3.8, 4) is 0 Å². The molecule has 1 aliphatic rings. The second-order valence-corrected chi connectivity index (χ2v) is 8.75. The van der Waals surface area contributed by atoms with Gasteiger partial charge in [0.15, 0.2) is 0 Å². The van der Waals surface area contributed by atoms with Crippen LogP contribution in [0.2, 0.25) is 0 Å². The maximum absolute atomic E-state index is 13.4. The Morgan fingerprint density at radius 2 is 1.82 bits per heavy atom. The number of fused-ring (bicyclic) bond motifs is 1. The van der Waals surface area contributed by atoms with Gasteiger partial charge in [-0.25, -0.2) is 4.98 Å². The van der Waals surface area contributed by atoms with E-state index in [2.05, 4.69) is 15.2 Å². The molecule has 1 N–H and O–H groups in total. The number of halogens is 3. The molecule has 0 spiro atoms. The number of nitrogens with zero attached hydrogens (tertiary/aromatic N) is 2. The van der Waals surface area contributed by atoms with Crippen molar-refractivity contribution in [1.82, 2.24) is 15.2 Å². The summed E-state index contributed by atoms with van der Waals surface area (Å²) in [6, 6.07) is 14.1. The molecule has 0 radical (unpaired) electrons. The predicted octanol–water partition coefficient (Wildman–Crippen LogP) is 4.86. The summed E-state index contributed by atoms with van der Waals surface area (Å²) in [4.78, 5) is 19.8. The van der Waals surface area contributed by atoms with E-state index in [-0.39, 0.29) is 10.8 Å². The number of alkyl halides is 3. The minimum Gasteiger partial charge on any atom is -0.379 e. The Morgan fingerprint density at radius 3 is 2.61 bits per heavy atom. The second kappa shape index (κ2) is 10.5.